The number of nitrogens with one attached hydrogen (secondary N) is 1. The van der Waals surface area contributed by atoms with Crippen molar-refractivity contribution in [3.63, 3.8) is 0 Å². The van der Waals surface area contributed by atoms with Gasteiger partial charge in [0.15, 0.2) is 0 Å². The topological polar surface area (TPSA) is 86.8 Å². The molecule has 212 valence electrons. The number of carbonyl (C=O) groups is 2. The molecule has 1 atom stereocenters. The van der Waals surface area contributed by atoms with Gasteiger partial charge in [0.25, 0.3) is 10.0 Å². The average molecular weight is 627 g/mol. The molecule has 1 saturated carbocycles. The number of anilines is 1. The molecule has 1 fully saturated rings. The van der Waals surface area contributed by atoms with E-state index in [1.165, 1.54) is 21.3 Å². The van der Waals surface area contributed by atoms with Gasteiger partial charge >= 0.3 is 0 Å². The van der Waals surface area contributed by atoms with E-state index < -0.39 is 28.5 Å². The minimum absolute atomic E-state index is 0.0974. The van der Waals surface area contributed by atoms with Crippen LogP contribution in [0.25, 0.3) is 0 Å². The zero-order chi connectivity index (χ0) is 28.7. The lowest BCUT2D eigenvalue weighted by Crippen LogP contribution is -2.52. The van der Waals surface area contributed by atoms with Crippen LogP contribution in [0.15, 0.2) is 88.2 Å². The van der Waals surface area contributed by atoms with Crippen LogP contribution in [-0.4, -0.2) is 43.8 Å². The Morgan fingerprint density at radius 3 is 2.23 bits per heavy atom. The maximum absolute atomic E-state index is 14.1. The van der Waals surface area contributed by atoms with Gasteiger partial charge in [0.05, 0.1) is 10.6 Å². The summed E-state index contributed by atoms with van der Waals surface area (Å²) in [6, 6.07) is 22.2. The predicted octanol–water partition coefficient (Wildman–Crippen LogP) is 5.68. The molecule has 7 nitrogen and oxygen atoms in total. The number of carbonyl (C=O) groups excluding carboxylic acids is 2. The molecule has 1 aliphatic rings. The fraction of sp³-hybridized carbons (Fsp3) is 0.355. The molecule has 40 heavy (non-hydrogen) atoms. The summed E-state index contributed by atoms with van der Waals surface area (Å²) in [6.45, 7) is 3.38. The van der Waals surface area contributed by atoms with Gasteiger partial charge in [-0.1, -0.05) is 84.2 Å². The first kappa shape index (κ1) is 29.8. The molecule has 1 N–H and O–H groups in total. The molecule has 9 heteroatoms. The van der Waals surface area contributed by atoms with Crippen LogP contribution >= 0.6 is 15.9 Å². The third-order valence-corrected chi connectivity index (χ3v) is 9.69. The van der Waals surface area contributed by atoms with E-state index in [0.29, 0.717) is 12.1 Å². The highest BCUT2D eigenvalue weighted by atomic mass is 79.9. The Morgan fingerprint density at radius 1 is 0.950 bits per heavy atom. The maximum atomic E-state index is 14.1. The molecule has 3 aromatic rings. The van der Waals surface area contributed by atoms with Crippen molar-refractivity contribution in [3.8, 4) is 0 Å². The Morgan fingerprint density at radius 2 is 1.57 bits per heavy atom. The van der Waals surface area contributed by atoms with Gasteiger partial charge in [0, 0.05) is 17.1 Å². The van der Waals surface area contributed by atoms with E-state index >= 15 is 0 Å². The molecular formula is C31H36BrN3O4S. The van der Waals surface area contributed by atoms with E-state index in [-0.39, 0.29) is 23.4 Å². The van der Waals surface area contributed by atoms with E-state index in [9.17, 15) is 18.0 Å². The number of halogens is 1. The summed E-state index contributed by atoms with van der Waals surface area (Å²) in [6.07, 6.45) is 4.59. The highest BCUT2D eigenvalue weighted by molar-refractivity contribution is 9.10. The van der Waals surface area contributed by atoms with Crippen LogP contribution in [0.4, 0.5) is 5.69 Å². The lowest BCUT2D eigenvalue weighted by atomic mass is 10.1. The van der Waals surface area contributed by atoms with Crippen molar-refractivity contribution in [2.24, 2.45) is 0 Å². The molecule has 0 aliphatic heterocycles. The molecule has 1 aliphatic carbocycles. The Kier molecular flexibility index (Phi) is 10.0. The number of nitrogens with zero attached hydrogens (tertiary/aromatic N) is 2. The Balaban J connectivity index is 1.70. The van der Waals surface area contributed by atoms with Crippen molar-refractivity contribution < 1.29 is 18.0 Å². The van der Waals surface area contributed by atoms with Crippen LogP contribution in [-0.2, 0) is 32.6 Å². The second-order valence-corrected chi connectivity index (χ2v) is 12.9. The van der Waals surface area contributed by atoms with E-state index in [0.717, 1.165) is 41.3 Å². The zero-order valence-electron chi connectivity index (χ0n) is 22.9. The number of amides is 2. The van der Waals surface area contributed by atoms with Gasteiger partial charge in [-0.2, -0.15) is 0 Å². The van der Waals surface area contributed by atoms with Crippen molar-refractivity contribution >= 4 is 43.5 Å². The summed E-state index contributed by atoms with van der Waals surface area (Å²) in [5, 5.41) is 3.10. The molecule has 0 radical (unpaired) electrons. The monoisotopic (exact) mass is 625 g/mol. The largest absolute Gasteiger partial charge is 0.352 e. The molecule has 0 heterocycles. The SMILES string of the molecule is CCc1ccccc1N(CC(=O)N(Cc1ccc(Br)cc1)C(C)C(=O)NC1CCCC1)S(=O)(=O)c1ccccc1. The summed E-state index contributed by atoms with van der Waals surface area (Å²) in [5.74, 6) is -0.689. The molecule has 1 unspecified atom stereocenters. The van der Waals surface area contributed by atoms with Gasteiger partial charge in [-0.05, 0) is 67.6 Å². The minimum Gasteiger partial charge on any atom is -0.352 e. The summed E-state index contributed by atoms with van der Waals surface area (Å²) >= 11 is 3.44. The van der Waals surface area contributed by atoms with Crippen LogP contribution in [0.2, 0.25) is 0 Å². The van der Waals surface area contributed by atoms with Gasteiger partial charge in [0.2, 0.25) is 11.8 Å². The summed E-state index contributed by atoms with van der Waals surface area (Å²) in [7, 11) is -4.08. The fourth-order valence-corrected chi connectivity index (χ4v) is 6.78. The second kappa shape index (κ2) is 13.5. The highest BCUT2D eigenvalue weighted by Crippen LogP contribution is 2.28. The van der Waals surface area contributed by atoms with Crippen LogP contribution in [0.5, 0.6) is 0 Å². The van der Waals surface area contributed by atoms with Crippen LogP contribution in [0.1, 0.15) is 50.7 Å². The van der Waals surface area contributed by atoms with Crippen molar-refractivity contribution in [1.82, 2.24) is 10.2 Å². The lowest BCUT2D eigenvalue weighted by molar-refractivity contribution is -0.139. The van der Waals surface area contributed by atoms with Gasteiger partial charge in [-0.3, -0.25) is 13.9 Å². The lowest BCUT2D eigenvalue weighted by Gasteiger charge is -2.33. The van der Waals surface area contributed by atoms with Crippen molar-refractivity contribution in [1.29, 1.82) is 0 Å². The van der Waals surface area contributed by atoms with E-state index in [4.69, 9.17) is 0 Å². The number of sulfonamides is 1. The Bertz CT molecular complexity index is 1410. The minimum atomic E-state index is -4.08. The second-order valence-electron chi connectivity index (χ2n) is 10.1. The van der Waals surface area contributed by atoms with E-state index in [2.05, 4.69) is 21.2 Å². The number of rotatable bonds is 11. The first-order valence-electron chi connectivity index (χ1n) is 13.7. The third-order valence-electron chi connectivity index (χ3n) is 7.39. The molecule has 4 rings (SSSR count). The van der Waals surface area contributed by atoms with Gasteiger partial charge in [0.1, 0.15) is 12.6 Å². The molecule has 0 aromatic heterocycles. The third kappa shape index (κ3) is 7.12. The van der Waals surface area contributed by atoms with Gasteiger partial charge < -0.3 is 10.2 Å². The molecule has 3 aromatic carbocycles. The summed E-state index contributed by atoms with van der Waals surface area (Å²) in [4.78, 5) is 29.0. The standard InChI is InChI=1S/C31H36BrN3O4S/c1-3-25-11-7-10-16-29(25)35(40(38,39)28-14-5-4-6-15-28)22-30(36)34(21-24-17-19-26(32)20-18-24)23(2)31(37)33-27-12-8-9-13-27/h4-7,10-11,14-20,23,27H,3,8-9,12-13,21-22H2,1-2H3,(H,33,37). The number of hydrogen-bond acceptors (Lipinski definition) is 4. The van der Waals surface area contributed by atoms with Crippen molar-refractivity contribution in [2.75, 3.05) is 10.8 Å². The number of aryl methyl sites for hydroxylation is 1. The van der Waals surface area contributed by atoms with Gasteiger partial charge in [-0.25, -0.2) is 8.42 Å². The van der Waals surface area contributed by atoms with Crippen LogP contribution in [0.3, 0.4) is 0 Å². The first-order chi connectivity index (χ1) is 19.2. The molecular weight excluding hydrogens is 590 g/mol. The molecule has 0 saturated heterocycles. The number of para-hydroxylation sites is 1. The highest BCUT2D eigenvalue weighted by Gasteiger charge is 2.34. The quantitative estimate of drug-likeness (QED) is 0.297. The van der Waals surface area contributed by atoms with E-state index in [1.54, 1.807) is 37.3 Å². The molecule has 0 spiro atoms. The maximum Gasteiger partial charge on any atom is 0.264 e. The number of hydrogen-bond donors (Lipinski definition) is 1. The Hall–Kier alpha value is -3.17. The van der Waals surface area contributed by atoms with Crippen molar-refractivity contribution in [2.45, 2.75) is 69.5 Å². The predicted molar refractivity (Wildman–Crippen MR) is 161 cm³/mol. The van der Waals surface area contributed by atoms with Crippen molar-refractivity contribution in [3.05, 3.63) is 94.5 Å². The number of benzene rings is 3. The van der Waals surface area contributed by atoms with Gasteiger partial charge in [-0.15, -0.1) is 0 Å². The Labute approximate surface area is 245 Å². The van der Waals surface area contributed by atoms with E-state index in [1.807, 2.05) is 43.3 Å². The first-order valence-corrected chi connectivity index (χ1v) is 15.9. The molecule has 2 amide bonds. The zero-order valence-corrected chi connectivity index (χ0v) is 25.3. The summed E-state index contributed by atoms with van der Waals surface area (Å²) in [5.41, 5.74) is 2.10. The smallest absolute Gasteiger partial charge is 0.264 e. The fourth-order valence-electron chi connectivity index (χ4n) is 5.05. The summed E-state index contributed by atoms with van der Waals surface area (Å²) < 4.78 is 30.0. The normalized spacial score (nSPS) is 14.5. The molecule has 0 bridgehead atoms. The average Bonchev–Trinajstić information content (AvgIpc) is 3.48. The van der Waals surface area contributed by atoms with Crippen LogP contribution < -0.4 is 9.62 Å². The van der Waals surface area contributed by atoms with Crippen LogP contribution in [0, 0.1) is 0 Å².